The predicted octanol–water partition coefficient (Wildman–Crippen LogP) is 5.06. The van der Waals surface area contributed by atoms with Crippen molar-refractivity contribution in [3.05, 3.63) is 99.1 Å². The van der Waals surface area contributed by atoms with Crippen LogP contribution in [-0.4, -0.2) is 50.0 Å². The van der Waals surface area contributed by atoms with Gasteiger partial charge in [0.25, 0.3) is 0 Å². The van der Waals surface area contributed by atoms with Gasteiger partial charge in [-0.1, -0.05) is 73.0 Å². The number of benzene rings is 3. The van der Waals surface area contributed by atoms with Gasteiger partial charge in [-0.15, -0.1) is 0 Å². The van der Waals surface area contributed by atoms with Crippen molar-refractivity contribution < 1.29 is 18.0 Å². The summed E-state index contributed by atoms with van der Waals surface area (Å²) in [5.41, 5.74) is 3.24. The molecule has 3 aromatic rings. The van der Waals surface area contributed by atoms with E-state index in [0.29, 0.717) is 12.1 Å². The number of rotatable bonds is 11. The molecule has 0 heterocycles. The van der Waals surface area contributed by atoms with Gasteiger partial charge in [-0.2, -0.15) is 0 Å². The van der Waals surface area contributed by atoms with Crippen LogP contribution in [0, 0.1) is 10.5 Å². The van der Waals surface area contributed by atoms with E-state index < -0.39 is 28.5 Å². The summed E-state index contributed by atoms with van der Waals surface area (Å²) in [4.78, 5) is 29.6. The summed E-state index contributed by atoms with van der Waals surface area (Å²) < 4.78 is 27.8. The monoisotopic (exact) mass is 673 g/mol. The Balaban J connectivity index is 1.72. The number of anilines is 1. The highest BCUT2D eigenvalue weighted by Gasteiger charge is 2.34. The van der Waals surface area contributed by atoms with Gasteiger partial charge in [-0.05, 0) is 77.7 Å². The summed E-state index contributed by atoms with van der Waals surface area (Å²) in [7, 11) is -3.78. The number of amides is 2. The zero-order valence-corrected chi connectivity index (χ0v) is 25.9. The summed E-state index contributed by atoms with van der Waals surface area (Å²) in [6.45, 7) is 1.75. The third-order valence-electron chi connectivity index (χ3n) is 7.20. The molecule has 4 rings (SSSR count). The van der Waals surface area contributed by atoms with Crippen LogP contribution in [0.1, 0.15) is 42.4 Å². The summed E-state index contributed by atoms with van der Waals surface area (Å²) in [5.74, 6) is -0.648. The van der Waals surface area contributed by atoms with Crippen molar-refractivity contribution in [2.24, 2.45) is 0 Å². The Morgan fingerprint density at radius 3 is 2.23 bits per heavy atom. The lowest BCUT2D eigenvalue weighted by molar-refractivity contribution is -0.140. The maximum atomic E-state index is 14.1. The number of nitrogens with one attached hydrogen (secondary N) is 1. The summed E-state index contributed by atoms with van der Waals surface area (Å²) in [6.07, 6.45) is 5.39. The van der Waals surface area contributed by atoms with Crippen molar-refractivity contribution in [1.29, 1.82) is 0 Å². The molecular weight excluding hydrogens is 637 g/mol. The van der Waals surface area contributed by atoms with E-state index >= 15 is 0 Å². The zero-order valence-electron chi connectivity index (χ0n) is 22.9. The average Bonchev–Trinajstić information content (AvgIpc) is 3.43. The van der Waals surface area contributed by atoms with E-state index in [1.165, 1.54) is 0 Å². The lowest BCUT2D eigenvalue weighted by Crippen LogP contribution is -2.54. The summed E-state index contributed by atoms with van der Waals surface area (Å²) >= 11 is 2.15. The number of carbonyl (C=O) groups is 2. The van der Waals surface area contributed by atoms with Crippen molar-refractivity contribution in [1.82, 2.24) is 10.2 Å². The molecule has 0 bridgehead atoms. The third kappa shape index (κ3) is 8.30. The van der Waals surface area contributed by atoms with Crippen LogP contribution < -0.4 is 9.62 Å². The number of halogens is 1. The number of sulfonamides is 1. The molecule has 1 saturated carbocycles. The molecule has 0 aliphatic heterocycles. The van der Waals surface area contributed by atoms with Gasteiger partial charge < -0.3 is 10.2 Å². The molecule has 1 fully saturated rings. The molecule has 2 amide bonds. The van der Waals surface area contributed by atoms with Crippen LogP contribution >= 0.6 is 22.6 Å². The Morgan fingerprint density at radius 1 is 0.950 bits per heavy atom. The van der Waals surface area contributed by atoms with Crippen LogP contribution in [-0.2, 0) is 32.6 Å². The van der Waals surface area contributed by atoms with E-state index in [0.717, 1.165) is 56.5 Å². The molecule has 3 aromatic carbocycles. The fourth-order valence-corrected chi connectivity index (χ4v) is 6.36. The lowest BCUT2D eigenvalue weighted by Gasteiger charge is -2.34. The Morgan fingerprint density at radius 2 is 1.60 bits per heavy atom. The smallest absolute Gasteiger partial charge is 0.244 e. The zero-order chi connectivity index (χ0) is 28.7. The Kier molecular flexibility index (Phi) is 10.2. The van der Waals surface area contributed by atoms with E-state index in [1.807, 2.05) is 61.5 Å². The van der Waals surface area contributed by atoms with Crippen LogP contribution in [0.5, 0.6) is 0 Å². The van der Waals surface area contributed by atoms with Gasteiger partial charge >= 0.3 is 0 Å². The summed E-state index contributed by atoms with van der Waals surface area (Å²) in [5, 5.41) is 3.19. The van der Waals surface area contributed by atoms with Crippen molar-refractivity contribution >= 4 is 50.1 Å². The Hall–Kier alpha value is -2.92. The van der Waals surface area contributed by atoms with E-state index in [1.54, 1.807) is 29.2 Å². The number of hydrogen-bond donors (Lipinski definition) is 1. The molecule has 7 nitrogen and oxygen atoms in total. The highest BCUT2D eigenvalue weighted by molar-refractivity contribution is 14.1. The first-order valence-electron chi connectivity index (χ1n) is 13.5. The molecule has 9 heteroatoms. The minimum atomic E-state index is -3.78. The van der Waals surface area contributed by atoms with E-state index in [-0.39, 0.29) is 18.5 Å². The topological polar surface area (TPSA) is 86.8 Å². The van der Waals surface area contributed by atoms with Gasteiger partial charge in [-0.25, -0.2) is 8.42 Å². The van der Waals surface area contributed by atoms with Gasteiger partial charge in [0, 0.05) is 22.6 Å². The van der Waals surface area contributed by atoms with Gasteiger partial charge in [0.1, 0.15) is 12.6 Å². The number of hydrogen-bond acceptors (Lipinski definition) is 4. The van der Waals surface area contributed by atoms with Gasteiger partial charge in [0.15, 0.2) is 0 Å². The maximum Gasteiger partial charge on any atom is 0.244 e. The molecule has 1 aliphatic carbocycles. The highest BCUT2D eigenvalue weighted by Crippen LogP contribution is 2.23. The SMILES string of the molecule is Cc1cccc(CN(C(=O)CN(c2ccc(I)cc2)S(C)(=O)=O)C(Cc2ccccc2)C(=O)NC2CCCC2)c1. The van der Waals surface area contributed by atoms with Gasteiger partial charge in [0.05, 0.1) is 11.9 Å². The second-order valence-corrected chi connectivity index (χ2v) is 13.6. The van der Waals surface area contributed by atoms with E-state index in [2.05, 4.69) is 27.9 Å². The van der Waals surface area contributed by atoms with Crippen LogP contribution in [0.3, 0.4) is 0 Å². The van der Waals surface area contributed by atoms with Crippen molar-refractivity contribution in [2.45, 2.75) is 57.7 Å². The fraction of sp³-hybridized carbons (Fsp3) is 0.355. The normalized spacial score (nSPS) is 14.5. The molecule has 1 N–H and O–H groups in total. The second kappa shape index (κ2) is 13.6. The number of nitrogens with zero attached hydrogens (tertiary/aromatic N) is 2. The van der Waals surface area contributed by atoms with Crippen LogP contribution in [0.25, 0.3) is 0 Å². The minimum Gasteiger partial charge on any atom is -0.352 e. The molecule has 40 heavy (non-hydrogen) atoms. The van der Waals surface area contributed by atoms with Gasteiger partial charge in [-0.3, -0.25) is 13.9 Å². The van der Waals surface area contributed by atoms with Crippen molar-refractivity contribution in [3.8, 4) is 0 Å². The van der Waals surface area contributed by atoms with Crippen LogP contribution in [0.4, 0.5) is 5.69 Å². The van der Waals surface area contributed by atoms with Crippen LogP contribution in [0.2, 0.25) is 0 Å². The largest absolute Gasteiger partial charge is 0.352 e. The quantitative estimate of drug-likeness (QED) is 0.289. The average molecular weight is 674 g/mol. The van der Waals surface area contributed by atoms with Crippen molar-refractivity contribution in [3.63, 3.8) is 0 Å². The second-order valence-electron chi connectivity index (χ2n) is 10.5. The molecule has 1 aliphatic rings. The van der Waals surface area contributed by atoms with E-state index in [9.17, 15) is 18.0 Å². The van der Waals surface area contributed by atoms with Gasteiger partial charge in [0.2, 0.25) is 21.8 Å². The fourth-order valence-electron chi connectivity index (χ4n) is 5.15. The molecule has 0 saturated heterocycles. The molecule has 0 aromatic heterocycles. The molecule has 1 unspecified atom stereocenters. The molecule has 1 atom stereocenters. The van der Waals surface area contributed by atoms with Crippen molar-refractivity contribution in [2.75, 3.05) is 17.1 Å². The highest BCUT2D eigenvalue weighted by atomic mass is 127. The molecule has 0 spiro atoms. The van der Waals surface area contributed by atoms with E-state index in [4.69, 9.17) is 0 Å². The maximum absolute atomic E-state index is 14.1. The predicted molar refractivity (Wildman–Crippen MR) is 167 cm³/mol. The minimum absolute atomic E-state index is 0.0843. The summed E-state index contributed by atoms with van der Waals surface area (Å²) in [6, 6.07) is 23.7. The Bertz CT molecular complexity index is 1410. The first-order valence-corrected chi connectivity index (χ1v) is 16.5. The first kappa shape index (κ1) is 30.0. The third-order valence-corrected chi connectivity index (χ3v) is 9.06. The molecule has 0 radical (unpaired) electrons. The standard InChI is InChI=1S/C31H36IN3O4S/c1-23-9-8-12-25(19-23)21-34(30(36)22-35(40(2,38)39)28-17-15-26(32)16-18-28)29(20-24-10-4-3-5-11-24)31(37)33-27-13-6-7-14-27/h3-5,8-12,15-19,27,29H,6-7,13-14,20-22H2,1-2H3,(H,33,37). The Labute approximate surface area is 251 Å². The van der Waals surface area contributed by atoms with Crippen LogP contribution in [0.15, 0.2) is 78.9 Å². The number of aryl methyl sites for hydroxylation is 1. The number of carbonyl (C=O) groups excluding carboxylic acids is 2. The molecule has 212 valence electrons. The molecular formula is C31H36IN3O4S. The lowest BCUT2D eigenvalue weighted by atomic mass is 10.0. The first-order chi connectivity index (χ1) is 19.1.